The van der Waals surface area contributed by atoms with Crippen molar-refractivity contribution in [2.45, 2.75) is 39.0 Å². The van der Waals surface area contributed by atoms with E-state index in [4.69, 9.17) is 4.74 Å². The molecule has 0 aromatic heterocycles. The van der Waals surface area contributed by atoms with Crippen molar-refractivity contribution in [3.63, 3.8) is 0 Å². The third-order valence-corrected chi connectivity index (χ3v) is 5.90. The van der Waals surface area contributed by atoms with Gasteiger partial charge in [0.15, 0.2) is 11.6 Å². The summed E-state index contributed by atoms with van der Waals surface area (Å²) in [6.07, 6.45) is 4.93. The maximum absolute atomic E-state index is 14.6. The summed E-state index contributed by atoms with van der Waals surface area (Å²) in [7, 11) is 0. The number of ether oxygens (including phenoxy) is 1. The van der Waals surface area contributed by atoms with Gasteiger partial charge in [0, 0.05) is 5.56 Å². The van der Waals surface area contributed by atoms with E-state index in [9.17, 15) is 13.2 Å². The van der Waals surface area contributed by atoms with Crippen LogP contribution in [0, 0.1) is 29.3 Å². The van der Waals surface area contributed by atoms with Gasteiger partial charge in [-0.2, -0.15) is 0 Å². The molecule has 4 aromatic rings. The minimum Gasteiger partial charge on any atom is -0.494 e. The molecular formula is C31H27F3O. The summed E-state index contributed by atoms with van der Waals surface area (Å²) in [6, 6.07) is 20.5. The normalized spacial score (nSPS) is 10.7. The summed E-state index contributed by atoms with van der Waals surface area (Å²) in [5.41, 5.74) is 2.97. The van der Waals surface area contributed by atoms with E-state index in [1.165, 1.54) is 24.5 Å². The molecule has 0 aliphatic carbocycles. The summed E-state index contributed by atoms with van der Waals surface area (Å²) in [6.45, 7) is 2.91. The molecule has 35 heavy (non-hydrogen) atoms. The molecule has 0 heterocycles. The largest absolute Gasteiger partial charge is 0.494 e. The lowest BCUT2D eigenvalue weighted by Crippen LogP contribution is -1.97. The first-order valence-electron chi connectivity index (χ1n) is 11.9. The molecule has 4 rings (SSSR count). The molecule has 0 bridgehead atoms. The van der Waals surface area contributed by atoms with Crippen LogP contribution in [0.1, 0.15) is 48.4 Å². The van der Waals surface area contributed by atoms with Crippen LogP contribution < -0.4 is 4.74 Å². The first-order chi connectivity index (χ1) is 17.0. The Balaban J connectivity index is 1.37. The second-order valence-electron chi connectivity index (χ2n) is 8.59. The zero-order valence-electron chi connectivity index (χ0n) is 19.7. The number of rotatable bonds is 8. The van der Waals surface area contributed by atoms with Gasteiger partial charge >= 0.3 is 0 Å². The number of fused-ring (bicyclic) bond motifs is 1. The van der Waals surface area contributed by atoms with Crippen molar-refractivity contribution in [3.05, 3.63) is 113 Å². The van der Waals surface area contributed by atoms with Crippen LogP contribution in [0.3, 0.4) is 0 Å². The van der Waals surface area contributed by atoms with Gasteiger partial charge in [0.1, 0.15) is 11.6 Å². The van der Waals surface area contributed by atoms with Gasteiger partial charge in [-0.3, -0.25) is 0 Å². The fourth-order valence-corrected chi connectivity index (χ4v) is 3.86. The molecule has 0 aliphatic heterocycles. The van der Waals surface area contributed by atoms with E-state index >= 15 is 0 Å². The second-order valence-corrected chi connectivity index (χ2v) is 8.59. The SMILES string of the molecule is CCCCCOc1ccc(CCc2ccc(C#Cc3ccc4cc(F)c(F)cc4c3)c(F)c2)cc1. The third kappa shape index (κ3) is 6.67. The molecule has 0 N–H and O–H groups in total. The van der Waals surface area contributed by atoms with Gasteiger partial charge in [-0.25, -0.2) is 13.2 Å². The molecule has 1 nitrogen and oxygen atoms in total. The van der Waals surface area contributed by atoms with Gasteiger partial charge in [0.2, 0.25) is 0 Å². The predicted molar refractivity (Wildman–Crippen MR) is 135 cm³/mol. The number of unbranched alkanes of at least 4 members (excludes halogenated alkanes) is 2. The Hall–Kier alpha value is -3.71. The molecule has 0 atom stereocenters. The zero-order chi connectivity index (χ0) is 24.6. The second kappa shape index (κ2) is 11.6. The van der Waals surface area contributed by atoms with Crippen molar-refractivity contribution in [3.8, 4) is 17.6 Å². The Morgan fingerprint density at radius 3 is 2.11 bits per heavy atom. The molecule has 0 saturated heterocycles. The Labute approximate surface area is 204 Å². The minimum atomic E-state index is -0.907. The average Bonchev–Trinajstić information content (AvgIpc) is 2.86. The van der Waals surface area contributed by atoms with Crippen LogP contribution >= 0.6 is 0 Å². The van der Waals surface area contributed by atoms with E-state index in [1.807, 2.05) is 18.2 Å². The smallest absolute Gasteiger partial charge is 0.159 e. The molecule has 0 aliphatic rings. The quantitative estimate of drug-likeness (QED) is 0.186. The summed E-state index contributed by atoms with van der Waals surface area (Å²) < 4.78 is 47.3. The highest BCUT2D eigenvalue weighted by Gasteiger charge is 2.05. The average molecular weight is 473 g/mol. The first kappa shape index (κ1) is 24.4. The Kier molecular flexibility index (Phi) is 8.11. The standard InChI is InChI=1S/C31H27F3O/c1-2-3-4-17-35-28-15-10-22(11-16-28)5-6-24-8-13-25(29(32)19-24)12-7-23-9-14-26-20-30(33)31(34)21-27(26)18-23/h8-11,13-16,18-21H,2-6,17H2,1H3. The lowest BCUT2D eigenvalue weighted by atomic mass is 10.0. The molecule has 0 fully saturated rings. The van der Waals surface area contributed by atoms with E-state index in [0.717, 1.165) is 42.9 Å². The highest BCUT2D eigenvalue weighted by molar-refractivity contribution is 5.84. The summed E-state index contributed by atoms with van der Waals surface area (Å²) in [5, 5.41) is 1.13. The molecular weight excluding hydrogens is 445 g/mol. The van der Waals surface area contributed by atoms with Crippen LogP contribution in [0.15, 0.2) is 72.8 Å². The van der Waals surface area contributed by atoms with E-state index < -0.39 is 11.6 Å². The van der Waals surface area contributed by atoms with Crippen molar-refractivity contribution >= 4 is 10.8 Å². The predicted octanol–water partition coefficient (Wildman–Crippen LogP) is 8.01. The Morgan fingerprint density at radius 2 is 1.37 bits per heavy atom. The number of hydrogen-bond donors (Lipinski definition) is 0. The van der Waals surface area contributed by atoms with Gasteiger partial charge in [-0.05, 0) is 89.7 Å². The van der Waals surface area contributed by atoms with Crippen molar-refractivity contribution in [2.75, 3.05) is 6.61 Å². The molecule has 178 valence electrons. The van der Waals surface area contributed by atoms with Crippen LogP contribution in [0.25, 0.3) is 10.8 Å². The molecule has 0 spiro atoms. The van der Waals surface area contributed by atoms with Gasteiger partial charge < -0.3 is 4.74 Å². The first-order valence-corrected chi connectivity index (χ1v) is 11.9. The van der Waals surface area contributed by atoms with Crippen molar-refractivity contribution in [1.82, 2.24) is 0 Å². The molecule has 4 heteroatoms. The van der Waals surface area contributed by atoms with Crippen LogP contribution in [0.5, 0.6) is 5.75 Å². The number of aryl methyl sites for hydroxylation is 2. The lowest BCUT2D eigenvalue weighted by Gasteiger charge is -2.07. The molecule has 4 aromatic carbocycles. The fourth-order valence-electron chi connectivity index (χ4n) is 3.86. The van der Waals surface area contributed by atoms with Crippen LogP contribution in [0.2, 0.25) is 0 Å². The highest BCUT2D eigenvalue weighted by Crippen LogP contribution is 2.20. The molecule has 0 amide bonds. The third-order valence-electron chi connectivity index (χ3n) is 5.90. The maximum Gasteiger partial charge on any atom is 0.159 e. The van der Waals surface area contributed by atoms with E-state index in [2.05, 4.69) is 30.9 Å². The van der Waals surface area contributed by atoms with Crippen LogP contribution in [-0.2, 0) is 12.8 Å². The highest BCUT2D eigenvalue weighted by atomic mass is 19.2. The van der Waals surface area contributed by atoms with Gasteiger partial charge in [0.25, 0.3) is 0 Å². The summed E-state index contributed by atoms with van der Waals surface area (Å²) in [5.74, 6) is 4.47. The maximum atomic E-state index is 14.6. The Morgan fingerprint density at radius 1 is 0.657 bits per heavy atom. The summed E-state index contributed by atoms with van der Waals surface area (Å²) in [4.78, 5) is 0. The Bertz CT molecular complexity index is 1360. The lowest BCUT2D eigenvalue weighted by molar-refractivity contribution is 0.306. The van der Waals surface area contributed by atoms with Crippen molar-refractivity contribution in [1.29, 1.82) is 0 Å². The molecule has 0 unspecified atom stereocenters. The van der Waals surface area contributed by atoms with Crippen molar-refractivity contribution < 1.29 is 17.9 Å². The van der Waals surface area contributed by atoms with E-state index in [1.54, 1.807) is 24.3 Å². The topological polar surface area (TPSA) is 9.23 Å². The van der Waals surface area contributed by atoms with Crippen LogP contribution in [0.4, 0.5) is 13.2 Å². The monoisotopic (exact) mass is 472 g/mol. The molecule has 0 radical (unpaired) electrons. The van der Waals surface area contributed by atoms with E-state index in [-0.39, 0.29) is 5.82 Å². The minimum absolute atomic E-state index is 0.295. The van der Waals surface area contributed by atoms with Gasteiger partial charge in [0.05, 0.1) is 12.2 Å². The zero-order valence-corrected chi connectivity index (χ0v) is 19.7. The number of benzene rings is 4. The van der Waals surface area contributed by atoms with E-state index in [0.29, 0.717) is 28.3 Å². The molecule has 0 saturated carbocycles. The van der Waals surface area contributed by atoms with Crippen LogP contribution in [-0.4, -0.2) is 6.61 Å². The fraction of sp³-hybridized carbons (Fsp3) is 0.226. The van der Waals surface area contributed by atoms with Gasteiger partial charge in [-0.15, -0.1) is 0 Å². The summed E-state index contributed by atoms with van der Waals surface area (Å²) >= 11 is 0. The number of halogens is 3. The van der Waals surface area contributed by atoms with Crippen molar-refractivity contribution in [2.24, 2.45) is 0 Å². The number of hydrogen-bond acceptors (Lipinski definition) is 1. The van der Waals surface area contributed by atoms with Gasteiger partial charge in [-0.1, -0.05) is 55.9 Å².